The van der Waals surface area contributed by atoms with Crippen molar-refractivity contribution in [3.05, 3.63) is 39.7 Å². The summed E-state index contributed by atoms with van der Waals surface area (Å²) >= 11 is 0. The predicted molar refractivity (Wildman–Crippen MR) is 105 cm³/mol. The minimum atomic E-state index is -1.18. The standard InChI is InChI=1S/C20H24N2O7/c1-4-5-13-8-18(26)29-19-11(2)15(7-6-14(13)19)28-12(3)20(27)22-9-16(23)21-10-17(24)25/h6-8,12H,4-5,9-10H2,1-3H3,(H,21,23)(H,22,27)(H,24,25)/t12-/m0/s1. The van der Waals surface area contributed by atoms with Crippen LogP contribution >= 0.6 is 0 Å². The number of aliphatic carboxylic acids is 1. The molecule has 0 aliphatic heterocycles. The number of hydrogen-bond donors (Lipinski definition) is 3. The van der Waals surface area contributed by atoms with Crippen molar-refractivity contribution in [3.63, 3.8) is 0 Å². The molecule has 0 radical (unpaired) electrons. The zero-order valence-corrected chi connectivity index (χ0v) is 16.5. The Morgan fingerprint density at radius 1 is 1.21 bits per heavy atom. The molecule has 0 spiro atoms. The molecule has 0 aliphatic carbocycles. The zero-order chi connectivity index (χ0) is 21.6. The molecule has 9 heteroatoms. The van der Waals surface area contributed by atoms with Crippen LogP contribution in [-0.4, -0.2) is 42.1 Å². The summed E-state index contributed by atoms with van der Waals surface area (Å²) in [5, 5.41) is 13.8. The van der Waals surface area contributed by atoms with E-state index >= 15 is 0 Å². The van der Waals surface area contributed by atoms with Gasteiger partial charge in [0.2, 0.25) is 5.91 Å². The average molecular weight is 404 g/mol. The number of carbonyl (C=O) groups excluding carboxylic acids is 2. The highest BCUT2D eigenvalue weighted by molar-refractivity contribution is 5.88. The quantitative estimate of drug-likeness (QED) is 0.533. The van der Waals surface area contributed by atoms with Crippen molar-refractivity contribution < 1.29 is 28.6 Å². The molecule has 2 amide bonds. The van der Waals surface area contributed by atoms with Gasteiger partial charge in [-0.25, -0.2) is 4.79 Å². The summed E-state index contributed by atoms with van der Waals surface area (Å²) in [5.41, 5.74) is 1.46. The summed E-state index contributed by atoms with van der Waals surface area (Å²) in [6.07, 6.45) is 0.696. The van der Waals surface area contributed by atoms with Crippen LogP contribution in [0.25, 0.3) is 11.0 Å². The summed E-state index contributed by atoms with van der Waals surface area (Å²) in [6, 6.07) is 4.98. The number of nitrogens with one attached hydrogen (secondary N) is 2. The number of rotatable bonds is 9. The van der Waals surface area contributed by atoms with Gasteiger partial charge in [-0.3, -0.25) is 14.4 Å². The fraction of sp³-hybridized carbons (Fsp3) is 0.400. The maximum atomic E-state index is 12.2. The highest BCUT2D eigenvalue weighted by Crippen LogP contribution is 2.29. The van der Waals surface area contributed by atoms with E-state index in [1.807, 2.05) is 6.92 Å². The number of fused-ring (bicyclic) bond motifs is 1. The highest BCUT2D eigenvalue weighted by Gasteiger charge is 2.19. The Balaban J connectivity index is 2.10. The van der Waals surface area contributed by atoms with Gasteiger partial charge >= 0.3 is 11.6 Å². The van der Waals surface area contributed by atoms with Crippen molar-refractivity contribution in [1.29, 1.82) is 0 Å². The minimum Gasteiger partial charge on any atom is -0.480 e. The fourth-order valence-electron chi connectivity index (χ4n) is 2.80. The minimum absolute atomic E-state index is 0.369. The second-order valence-electron chi connectivity index (χ2n) is 6.55. The molecule has 2 aromatic rings. The Bertz CT molecular complexity index is 981. The maximum Gasteiger partial charge on any atom is 0.336 e. The normalized spacial score (nSPS) is 11.7. The molecule has 0 saturated heterocycles. The second-order valence-corrected chi connectivity index (χ2v) is 6.55. The monoisotopic (exact) mass is 404 g/mol. The number of carboxylic acids is 1. The Kier molecular flexibility index (Phi) is 7.35. The molecule has 1 aromatic carbocycles. The number of amides is 2. The van der Waals surface area contributed by atoms with Crippen LogP contribution in [0, 0.1) is 6.92 Å². The molecule has 1 atom stereocenters. The lowest BCUT2D eigenvalue weighted by Gasteiger charge is -2.17. The molecule has 0 fully saturated rings. The Morgan fingerprint density at radius 2 is 1.93 bits per heavy atom. The maximum absolute atomic E-state index is 12.2. The van der Waals surface area contributed by atoms with E-state index in [4.69, 9.17) is 14.3 Å². The van der Waals surface area contributed by atoms with E-state index in [1.54, 1.807) is 19.1 Å². The first kappa shape index (κ1) is 21.9. The predicted octanol–water partition coefficient (Wildman–Crippen LogP) is 1.14. The number of carboxylic acid groups (broad SMARTS) is 1. The van der Waals surface area contributed by atoms with Gasteiger partial charge in [-0.1, -0.05) is 13.3 Å². The van der Waals surface area contributed by atoms with E-state index < -0.39 is 36.1 Å². The van der Waals surface area contributed by atoms with Crippen LogP contribution in [0.2, 0.25) is 0 Å². The molecule has 29 heavy (non-hydrogen) atoms. The lowest BCUT2D eigenvalue weighted by Crippen LogP contribution is -2.43. The van der Waals surface area contributed by atoms with Gasteiger partial charge in [0.1, 0.15) is 17.9 Å². The fourth-order valence-corrected chi connectivity index (χ4v) is 2.80. The molecule has 0 aliphatic rings. The van der Waals surface area contributed by atoms with Crippen LogP contribution in [0.4, 0.5) is 0 Å². The third kappa shape index (κ3) is 5.81. The summed E-state index contributed by atoms with van der Waals surface area (Å²) in [4.78, 5) is 45.9. The molecule has 1 aromatic heterocycles. The second kappa shape index (κ2) is 9.72. The van der Waals surface area contributed by atoms with Crippen molar-refractivity contribution in [2.24, 2.45) is 0 Å². The molecule has 156 valence electrons. The molecular formula is C20H24N2O7. The summed E-state index contributed by atoms with van der Waals surface area (Å²) in [5.74, 6) is -1.97. The van der Waals surface area contributed by atoms with Gasteiger partial charge in [-0.2, -0.15) is 0 Å². The molecule has 3 N–H and O–H groups in total. The Hall–Kier alpha value is -3.36. The van der Waals surface area contributed by atoms with Crippen LogP contribution in [-0.2, 0) is 20.8 Å². The lowest BCUT2D eigenvalue weighted by molar-refractivity contribution is -0.137. The van der Waals surface area contributed by atoms with E-state index in [0.29, 0.717) is 16.9 Å². The summed E-state index contributed by atoms with van der Waals surface area (Å²) < 4.78 is 11.0. The number of aryl methyl sites for hydroxylation is 2. The summed E-state index contributed by atoms with van der Waals surface area (Å²) in [6.45, 7) is 4.37. The van der Waals surface area contributed by atoms with Gasteiger partial charge in [0.05, 0.1) is 6.54 Å². The first-order chi connectivity index (χ1) is 13.7. The van der Waals surface area contributed by atoms with Crippen molar-refractivity contribution >= 4 is 28.8 Å². The number of ether oxygens (including phenoxy) is 1. The van der Waals surface area contributed by atoms with Crippen molar-refractivity contribution in [2.75, 3.05) is 13.1 Å². The largest absolute Gasteiger partial charge is 0.480 e. The number of hydrogen-bond acceptors (Lipinski definition) is 6. The Morgan fingerprint density at radius 3 is 2.59 bits per heavy atom. The van der Waals surface area contributed by atoms with Gasteiger partial charge in [0.25, 0.3) is 5.91 Å². The van der Waals surface area contributed by atoms with E-state index in [2.05, 4.69) is 10.6 Å². The van der Waals surface area contributed by atoms with Crippen molar-refractivity contribution in [3.8, 4) is 5.75 Å². The number of benzene rings is 1. The van der Waals surface area contributed by atoms with Gasteiger partial charge in [-0.15, -0.1) is 0 Å². The van der Waals surface area contributed by atoms with Gasteiger partial charge in [0, 0.05) is 17.0 Å². The van der Waals surface area contributed by atoms with Crippen LogP contribution in [0.3, 0.4) is 0 Å². The van der Waals surface area contributed by atoms with E-state index in [9.17, 15) is 19.2 Å². The molecule has 0 unspecified atom stereocenters. The highest BCUT2D eigenvalue weighted by atomic mass is 16.5. The number of carbonyl (C=O) groups is 3. The first-order valence-corrected chi connectivity index (χ1v) is 9.22. The molecule has 9 nitrogen and oxygen atoms in total. The van der Waals surface area contributed by atoms with Crippen LogP contribution in [0.5, 0.6) is 5.75 Å². The average Bonchev–Trinajstić information content (AvgIpc) is 2.67. The van der Waals surface area contributed by atoms with Crippen LogP contribution in [0.15, 0.2) is 27.4 Å². The van der Waals surface area contributed by atoms with E-state index in [-0.39, 0.29) is 6.54 Å². The van der Waals surface area contributed by atoms with Crippen molar-refractivity contribution in [2.45, 2.75) is 39.7 Å². The summed E-state index contributed by atoms with van der Waals surface area (Å²) in [7, 11) is 0. The molecule has 0 bridgehead atoms. The van der Waals surface area contributed by atoms with E-state index in [0.717, 1.165) is 23.8 Å². The van der Waals surface area contributed by atoms with Gasteiger partial charge in [0.15, 0.2) is 6.10 Å². The topological polar surface area (TPSA) is 135 Å². The molecule has 0 saturated carbocycles. The van der Waals surface area contributed by atoms with Gasteiger partial charge in [-0.05, 0) is 38.0 Å². The molecule has 2 rings (SSSR count). The Labute approximate surface area is 167 Å². The van der Waals surface area contributed by atoms with E-state index in [1.165, 1.54) is 13.0 Å². The van der Waals surface area contributed by atoms with Gasteiger partial charge < -0.3 is 24.9 Å². The first-order valence-electron chi connectivity index (χ1n) is 9.22. The molecular weight excluding hydrogens is 380 g/mol. The molecule has 1 heterocycles. The zero-order valence-electron chi connectivity index (χ0n) is 16.5. The smallest absolute Gasteiger partial charge is 0.336 e. The van der Waals surface area contributed by atoms with Crippen LogP contribution < -0.4 is 21.0 Å². The lowest BCUT2D eigenvalue weighted by atomic mass is 10.0. The third-order valence-electron chi connectivity index (χ3n) is 4.25. The third-order valence-corrected chi connectivity index (χ3v) is 4.25. The van der Waals surface area contributed by atoms with Crippen molar-refractivity contribution in [1.82, 2.24) is 10.6 Å². The SMILES string of the molecule is CCCc1cc(=O)oc2c(C)c(O[C@@H](C)C(=O)NCC(=O)NCC(=O)O)ccc12. The van der Waals surface area contributed by atoms with Crippen LogP contribution in [0.1, 0.15) is 31.4 Å².